The van der Waals surface area contributed by atoms with Crippen LogP contribution in [0.4, 0.5) is 5.69 Å². The van der Waals surface area contributed by atoms with Crippen LogP contribution in [-0.2, 0) is 15.0 Å². The molecule has 2 N–H and O–H groups in total. The maximum absolute atomic E-state index is 12.4. The molecular formula is C19H19N3O4. The number of benzene rings is 1. The van der Waals surface area contributed by atoms with E-state index in [4.69, 9.17) is 0 Å². The topological polar surface area (TPSA) is 102 Å². The molecule has 2 heterocycles. The first-order valence-corrected chi connectivity index (χ1v) is 8.40. The summed E-state index contributed by atoms with van der Waals surface area (Å²) in [4.78, 5) is 36.0. The minimum atomic E-state index is -0.742. The Morgan fingerprint density at radius 1 is 1.23 bits per heavy atom. The van der Waals surface area contributed by atoms with Gasteiger partial charge in [0.1, 0.15) is 0 Å². The summed E-state index contributed by atoms with van der Waals surface area (Å²) in [7, 11) is 0. The first kappa shape index (κ1) is 17.6. The average Bonchev–Trinajstić information content (AvgIpc) is 2.63. The lowest BCUT2D eigenvalue weighted by Crippen LogP contribution is -2.51. The van der Waals surface area contributed by atoms with Crippen LogP contribution in [0, 0.1) is 5.21 Å². The zero-order valence-corrected chi connectivity index (χ0v) is 14.3. The van der Waals surface area contributed by atoms with Crippen LogP contribution < -0.4 is 15.4 Å². The Bertz CT molecular complexity index is 863. The third-order valence-electron chi connectivity index (χ3n) is 4.82. The van der Waals surface area contributed by atoms with E-state index in [1.165, 1.54) is 12.3 Å². The van der Waals surface area contributed by atoms with Crippen molar-refractivity contribution in [2.75, 3.05) is 5.32 Å². The van der Waals surface area contributed by atoms with Gasteiger partial charge in [-0.15, -0.1) is 0 Å². The Morgan fingerprint density at radius 3 is 2.58 bits per heavy atom. The van der Waals surface area contributed by atoms with Gasteiger partial charge in [0, 0.05) is 24.2 Å². The summed E-state index contributed by atoms with van der Waals surface area (Å²) in [6.45, 7) is 1.91. The SMILES string of the molecule is CC[C@@]1(c2ccc(NC(=O)c3cccc[n+]3[O-])cc2)CCC(=O)NC1=O. The summed E-state index contributed by atoms with van der Waals surface area (Å²) < 4.78 is 0.499. The summed E-state index contributed by atoms with van der Waals surface area (Å²) in [5.41, 5.74) is 0.558. The number of carbonyl (C=O) groups excluding carboxylic acids is 3. The lowest BCUT2D eigenvalue weighted by Gasteiger charge is -2.35. The number of imide groups is 1. The van der Waals surface area contributed by atoms with Gasteiger partial charge in [0.2, 0.25) is 11.8 Å². The van der Waals surface area contributed by atoms with Crippen molar-refractivity contribution in [2.45, 2.75) is 31.6 Å². The van der Waals surface area contributed by atoms with Crippen LogP contribution in [-0.4, -0.2) is 17.7 Å². The van der Waals surface area contributed by atoms with Gasteiger partial charge in [-0.1, -0.05) is 19.1 Å². The number of anilines is 1. The van der Waals surface area contributed by atoms with E-state index in [1.54, 1.807) is 36.4 Å². The lowest BCUT2D eigenvalue weighted by atomic mass is 9.72. The molecule has 1 atom stereocenters. The highest BCUT2D eigenvalue weighted by molar-refractivity contribution is 6.04. The number of rotatable bonds is 4. The average molecular weight is 353 g/mol. The van der Waals surface area contributed by atoms with Crippen molar-refractivity contribution in [1.82, 2.24) is 5.32 Å². The molecular weight excluding hydrogens is 334 g/mol. The van der Waals surface area contributed by atoms with Crippen LogP contribution in [0.15, 0.2) is 48.7 Å². The number of piperidine rings is 1. The zero-order valence-electron chi connectivity index (χ0n) is 14.3. The van der Waals surface area contributed by atoms with Crippen LogP contribution in [0.2, 0.25) is 0 Å². The Morgan fingerprint density at radius 2 is 1.96 bits per heavy atom. The summed E-state index contributed by atoms with van der Waals surface area (Å²) >= 11 is 0. The Labute approximate surface area is 150 Å². The molecule has 134 valence electrons. The van der Waals surface area contributed by atoms with Gasteiger partial charge < -0.3 is 10.5 Å². The molecule has 1 aromatic heterocycles. The number of nitrogens with one attached hydrogen (secondary N) is 2. The first-order valence-electron chi connectivity index (χ1n) is 8.40. The third kappa shape index (κ3) is 3.15. The van der Waals surface area contributed by atoms with E-state index in [0.29, 0.717) is 29.7 Å². The van der Waals surface area contributed by atoms with Crippen LogP contribution >= 0.6 is 0 Å². The largest absolute Gasteiger partial charge is 0.618 e. The van der Waals surface area contributed by atoms with Crippen LogP contribution in [0.5, 0.6) is 0 Å². The van der Waals surface area contributed by atoms with Gasteiger partial charge in [0.05, 0.1) is 5.41 Å². The number of carbonyl (C=O) groups is 3. The fourth-order valence-corrected chi connectivity index (χ4v) is 3.24. The van der Waals surface area contributed by atoms with Gasteiger partial charge >= 0.3 is 5.91 Å². The maximum atomic E-state index is 12.4. The van der Waals surface area contributed by atoms with Crippen molar-refractivity contribution < 1.29 is 19.1 Å². The van der Waals surface area contributed by atoms with Crippen molar-refractivity contribution in [3.8, 4) is 0 Å². The second-order valence-corrected chi connectivity index (χ2v) is 6.26. The van der Waals surface area contributed by atoms with Crippen molar-refractivity contribution in [2.24, 2.45) is 0 Å². The smallest absolute Gasteiger partial charge is 0.321 e. The van der Waals surface area contributed by atoms with E-state index >= 15 is 0 Å². The van der Waals surface area contributed by atoms with Gasteiger partial charge in [0.15, 0.2) is 6.20 Å². The molecule has 0 spiro atoms. The molecule has 7 nitrogen and oxygen atoms in total. The van der Waals surface area contributed by atoms with Crippen LogP contribution in [0.3, 0.4) is 0 Å². The molecule has 1 aromatic carbocycles. The van der Waals surface area contributed by atoms with E-state index < -0.39 is 11.3 Å². The monoisotopic (exact) mass is 353 g/mol. The van der Waals surface area contributed by atoms with Crippen molar-refractivity contribution in [1.29, 1.82) is 0 Å². The molecule has 26 heavy (non-hydrogen) atoms. The molecule has 3 rings (SSSR count). The molecule has 7 heteroatoms. The predicted octanol–water partition coefficient (Wildman–Crippen LogP) is 1.66. The second-order valence-electron chi connectivity index (χ2n) is 6.26. The summed E-state index contributed by atoms with van der Waals surface area (Å²) in [5, 5.41) is 16.7. The highest BCUT2D eigenvalue weighted by Crippen LogP contribution is 2.36. The molecule has 0 saturated carbocycles. The van der Waals surface area contributed by atoms with E-state index in [0.717, 1.165) is 5.56 Å². The van der Waals surface area contributed by atoms with Crippen molar-refractivity contribution in [3.63, 3.8) is 0 Å². The molecule has 1 fully saturated rings. The molecule has 0 radical (unpaired) electrons. The summed E-state index contributed by atoms with van der Waals surface area (Å²) in [5.74, 6) is -1.05. The highest BCUT2D eigenvalue weighted by atomic mass is 16.5. The van der Waals surface area contributed by atoms with E-state index in [1.807, 2.05) is 6.92 Å². The van der Waals surface area contributed by atoms with Gasteiger partial charge in [-0.2, -0.15) is 4.73 Å². The van der Waals surface area contributed by atoms with Crippen LogP contribution in [0.25, 0.3) is 0 Å². The zero-order chi connectivity index (χ0) is 18.7. The molecule has 0 aliphatic carbocycles. The Balaban J connectivity index is 1.80. The maximum Gasteiger partial charge on any atom is 0.321 e. The summed E-state index contributed by atoms with van der Waals surface area (Å²) in [6, 6.07) is 11.5. The number of amides is 3. The molecule has 3 amide bonds. The van der Waals surface area contributed by atoms with Gasteiger partial charge in [-0.3, -0.25) is 19.7 Å². The number of nitrogens with zero attached hydrogens (tertiary/aromatic N) is 1. The van der Waals surface area contributed by atoms with Crippen LogP contribution in [0.1, 0.15) is 42.2 Å². The fourth-order valence-electron chi connectivity index (χ4n) is 3.24. The molecule has 1 aliphatic rings. The van der Waals surface area contributed by atoms with Gasteiger partial charge in [0.25, 0.3) is 5.69 Å². The van der Waals surface area contributed by atoms with E-state index in [-0.39, 0.29) is 17.5 Å². The molecule has 1 aliphatic heterocycles. The van der Waals surface area contributed by atoms with E-state index in [2.05, 4.69) is 10.6 Å². The number of hydrogen-bond donors (Lipinski definition) is 2. The lowest BCUT2D eigenvalue weighted by molar-refractivity contribution is -0.607. The van der Waals surface area contributed by atoms with Crippen molar-refractivity contribution >= 4 is 23.4 Å². The normalized spacial score (nSPS) is 19.7. The van der Waals surface area contributed by atoms with Crippen molar-refractivity contribution in [3.05, 3.63) is 65.1 Å². The minimum Gasteiger partial charge on any atom is -0.618 e. The second kappa shape index (κ2) is 6.95. The molecule has 1 saturated heterocycles. The number of pyridine rings is 1. The first-order chi connectivity index (χ1) is 12.5. The molecule has 0 unspecified atom stereocenters. The number of hydrogen-bond acceptors (Lipinski definition) is 4. The number of aromatic nitrogens is 1. The Kier molecular flexibility index (Phi) is 4.71. The fraction of sp³-hybridized carbons (Fsp3) is 0.263. The third-order valence-corrected chi connectivity index (χ3v) is 4.82. The molecule has 2 aromatic rings. The van der Waals surface area contributed by atoms with Gasteiger partial charge in [-0.25, -0.2) is 0 Å². The quantitative estimate of drug-likeness (QED) is 0.496. The minimum absolute atomic E-state index is 0.00762. The predicted molar refractivity (Wildman–Crippen MR) is 94.1 cm³/mol. The highest BCUT2D eigenvalue weighted by Gasteiger charge is 2.42. The Hall–Kier alpha value is -3.22. The van der Waals surface area contributed by atoms with E-state index in [9.17, 15) is 19.6 Å². The standard InChI is InChI=1S/C19H19N3O4/c1-2-19(11-10-16(23)21-18(19)25)13-6-8-14(9-7-13)20-17(24)15-5-3-4-12-22(15)26/h3-9,12H,2,10-11H2,1H3,(H,20,24)(H,21,23,25)/t19-/m0/s1. The molecule has 0 bridgehead atoms. The summed E-state index contributed by atoms with van der Waals surface area (Å²) in [6.07, 6.45) is 2.58. The van der Waals surface area contributed by atoms with Gasteiger partial charge in [-0.05, 0) is 36.6 Å².